The lowest BCUT2D eigenvalue weighted by molar-refractivity contribution is 0.0438. The Morgan fingerprint density at radius 3 is 2.47 bits per heavy atom. The second-order valence-corrected chi connectivity index (χ2v) is 6.60. The van der Waals surface area contributed by atoms with Crippen LogP contribution in [0.25, 0.3) is 0 Å². The molecule has 1 rings (SSSR count). The SMILES string of the molecule is COCCN(CC(C)C)C1(CN)CCSCC1. The molecule has 4 heteroatoms. The van der Waals surface area contributed by atoms with E-state index in [1.807, 2.05) is 0 Å². The first-order valence-corrected chi connectivity index (χ1v) is 7.82. The number of methoxy groups -OCH3 is 1. The van der Waals surface area contributed by atoms with Gasteiger partial charge in [0.05, 0.1) is 6.61 Å². The second-order valence-electron chi connectivity index (χ2n) is 5.37. The smallest absolute Gasteiger partial charge is 0.0589 e. The molecule has 2 N–H and O–H groups in total. The molecular weight excluding hydrogens is 232 g/mol. The zero-order chi connectivity index (χ0) is 12.7. The molecule has 0 spiro atoms. The van der Waals surface area contributed by atoms with Gasteiger partial charge in [-0.15, -0.1) is 0 Å². The van der Waals surface area contributed by atoms with E-state index in [0.29, 0.717) is 5.92 Å². The van der Waals surface area contributed by atoms with Gasteiger partial charge in [-0.3, -0.25) is 4.90 Å². The fourth-order valence-corrected chi connectivity index (χ4v) is 3.82. The van der Waals surface area contributed by atoms with Gasteiger partial charge in [-0.2, -0.15) is 11.8 Å². The van der Waals surface area contributed by atoms with E-state index < -0.39 is 0 Å². The number of hydrogen-bond donors (Lipinski definition) is 1. The molecule has 1 saturated heterocycles. The topological polar surface area (TPSA) is 38.5 Å². The molecule has 17 heavy (non-hydrogen) atoms. The highest BCUT2D eigenvalue weighted by Crippen LogP contribution is 2.32. The first kappa shape index (κ1) is 15.3. The molecule has 0 amide bonds. The minimum Gasteiger partial charge on any atom is -0.383 e. The molecule has 1 heterocycles. The van der Waals surface area contributed by atoms with Crippen molar-refractivity contribution >= 4 is 11.8 Å². The van der Waals surface area contributed by atoms with Crippen LogP contribution in [0.4, 0.5) is 0 Å². The molecule has 1 fully saturated rings. The van der Waals surface area contributed by atoms with Crippen LogP contribution in [0.1, 0.15) is 26.7 Å². The van der Waals surface area contributed by atoms with E-state index in [1.165, 1.54) is 24.3 Å². The molecule has 0 aromatic carbocycles. The van der Waals surface area contributed by atoms with Crippen molar-refractivity contribution in [1.29, 1.82) is 0 Å². The van der Waals surface area contributed by atoms with Gasteiger partial charge in [0.25, 0.3) is 0 Å². The van der Waals surface area contributed by atoms with Crippen LogP contribution < -0.4 is 5.73 Å². The van der Waals surface area contributed by atoms with Gasteiger partial charge in [0.15, 0.2) is 0 Å². The third kappa shape index (κ3) is 4.43. The molecule has 0 atom stereocenters. The van der Waals surface area contributed by atoms with Crippen LogP contribution in [0.2, 0.25) is 0 Å². The zero-order valence-corrected chi connectivity index (χ0v) is 12.4. The minimum absolute atomic E-state index is 0.230. The standard InChI is InChI=1S/C13H28N2OS/c1-12(2)10-15(6-7-16-3)13(11-14)4-8-17-9-5-13/h12H,4-11,14H2,1-3H3. The van der Waals surface area contributed by atoms with Crippen LogP contribution in [-0.2, 0) is 4.74 Å². The summed E-state index contributed by atoms with van der Waals surface area (Å²) in [7, 11) is 1.78. The number of nitrogens with two attached hydrogens (primary N) is 1. The second kappa shape index (κ2) is 7.62. The van der Waals surface area contributed by atoms with E-state index in [4.69, 9.17) is 10.5 Å². The molecule has 3 nitrogen and oxygen atoms in total. The average molecular weight is 260 g/mol. The Morgan fingerprint density at radius 2 is 2.00 bits per heavy atom. The predicted octanol–water partition coefficient (Wildman–Crippen LogP) is 1.82. The Balaban J connectivity index is 2.68. The molecule has 0 bridgehead atoms. The summed E-state index contributed by atoms with van der Waals surface area (Å²) in [5.41, 5.74) is 6.33. The fourth-order valence-electron chi connectivity index (χ4n) is 2.57. The van der Waals surface area contributed by atoms with E-state index in [2.05, 4.69) is 30.5 Å². The maximum absolute atomic E-state index is 6.09. The molecule has 0 aromatic rings. The minimum atomic E-state index is 0.230. The van der Waals surface area contributed by atoms with Crippen molar-refractivity contribution < 1.29 is 4.74 Å². The highest BCUT2D eigenvalue weighted by atomic mass is 32.2. The van der Waals surface area contributed by atoms with Gasteiger partial charge in [0, 0.05) is 32.3 Å². The monoisotopic (exact) mass is 260 g/mol. The van der Waals surface area contributed by atoms with Gasteiger partial charge in [0.1, 0.15) is 0 Å². The van der Waals surface area contributed by atoms with Crippen LogP contribution in [-0.4, -0.2) is 55.3 Å². The largest absolute Gasteiger partial charge is 0.383 e. The Morgan fingerprint density at radius 1 is 1.35 bits per heavy atom. The summed E-state index contributed by atoms with van der Waals surface area (Å²) in [6, 6.07) is 0. The fraction of sp³-hybridized carbons (Fsp3) is 1.00. The molecule has 0 aromatic heterocycles. The van der Waals surface area contributed by atoms with Gasteiger partial charge in [-0.25, -0.2) is 0 Å². The quantitative estimate of drug-likeness (QED) is 0.758. The lowest BCUT2D eigenvalue weighted by Gasteiger charge is -2.46. The summed E-state index contributed by atoms with van der Waals surface area (Å²) < 4.78 is 5.25. The van der Waals surface area contributed by atoms with E-state index >= 15 is 0 Å². The zero-order valence-electron chi connectivity index (χ0n) is 11.6. The summed E-state index contributed by atoms with van der Waals surface area (Å²) in [5.74, 6) is 3.18. The van der Waals surface area contributed by atoms with Gasteiger partial charge in [-0.1, -0.05) is 13.8 Å². The van der Waals surface area contributed by atoms with Crippen LogP contribution in [0.3, 0.4) is 0 Å². The molecule has 0 aliphatic carbocycles. The maximum atomic E-state index is 6.09. The maximum Gasteiger partial charge on any atom is 0.0589 e. The summed E-state index contributed by atoms with van der Waals surface area (Å²) in [6.07, 6.45) is 2.45. The van der Waals surface area contributed by atoms with Gasteiger partial charge < -0.3 is 10.5 Å². The molecule has 0 saturated carbocycles. The van der Waals surface area contributed by atoms with Crippen LogP contribution in [0.5, 0.6) is 0 Å². The molecule has 1 aliphatic rings. The first-order chi connectivity index (χ1) is 8.14. The molecule has 0 unspecified atom stereocenters. The third-order valence-corrected chi connectivity index (χ3v) is 4.61. The van der Waals surface area contributed by atoms with Crippen molar-refractivity contribution in [2.75, 3.05) is 44.9 Å². The summed E-state index contributed by atoms with van der Waals surface area (Å²) in [5, 5.41) is 0. The summed E-state index contributed by atoms with van der Waals surface area (Å²) in [6.45, 7) is 8.29. The number of hydrogen-bond acceptors (Lipinski definition) is 4. The number of ether oxygens (including phenoxy) is 1. The Labute approximate surface area is 110 Å². The number of thioether (sulfide) groups is 1. The summed E-state index contributed by atoms with van der Waals surface area (Å²) in [4.78, 5) is 2.58. The van der Waals surface area contributed by atoms with Crippen LogP contribution >= 0.6 is 11.8 Å². The van der Waals surface area contributed by atoms with Crippen LogP contribution in [0, 0.1) is 5.92 Å². The van der Waals surface area contributed by atoms with E-state index in [0.717, 1.165) is 26.2 Å². The molecule has 102 valence electrons. The van der Waals surface area contributed by atoms with E-state index in [1.54, 1.807) is 7.11 Å². The van der Waals surface area contributed by atoms with Crippen LogP contribution in [0.15, 0.2) is 0 Å². The van der Waals surface area contributed by atoms with Crippen molar-refractivity contribution in [3.05, 3.63) is 0 Å². The van der Waals surface area contributed by atoms with Gasteiger partial charge in [-0.05, 0) is 30.3 Å². The molecule has 1 aliphatic heterocycles. The van der Waals surface area contributed by atoms with E-state index in [-0.39, 0.29) is 5.54 Å². The Bertz CT molecular complexity index is 206. The van der Waals surface area contributed by atoms with Crippen molar-refractivity contribution in [3.8, 4) is 0 Å². The van der Waals surface area contributed by atoms with Crippen molar-refractivity contribution in [1.82, 2.24) is 4.90 Å². The first-order valence-electron chi connectivity index (χ1n) is 6.66. The third-order valence-electron chi connectivity index (χ3n) is 3.63. The van der Waals surface area contributed by atoms with Crippen molar-refractivity contribution in [2.24, 2.45) is 11.7 Å². The van der Waals surface area contributed by atoms with E-state index in [9.17, 15) is 0 Å². The number of rotatable bonds is 7. The van der Waals surface area contributed by atoms with Crippen molar-refractivity contribution in [3.63, 3.8) is 0 Å². The lowest BCUT2D eigenvalue weighted by atomic mass is 9.89. The highest BCUT2D eigenvalue weighted by molar-refractivity contribution is 7.99. The highest BCUT2D eigenvalue weighted by Gasteiger charge is 2.36. The predicted molar refractivity (Wildman–Crippen MR) is 76.6 cm³/mol. The van der Waals surface area contributed by atoms with Gasteiger partial charge >= 0.3 is 0 Å². The molecular formula is C13H28N2OS. The Kier molecular flexibility index (Phi) is 6.85. The normalized spacial score (nSPS) is 20.1. The van der Waals surface area contributed by atoms with Gasteiger partial charge in [0.2, 0.25) is 0 Å². The Hall–Kier alpha value is 0.230. The molecule has 0 radical (unpaired) electrons. The number of nitrogens with zero attached hydrogens (tertiary/aromatic N) is 1. The average Bonchev–Trinajstić information content (AvgIpc) is 2.35. The van der Waals surface area contributed by atoms with Crippen molar-refractivity contribution in [2.45, 2.75) is 32.2 Å². The summed E-state index contributed by atoms with van der Waals surface area (Å²) >= 11 is 2.06. The lowest BCUT2D eigenvalue weighted by Crippen LogP contribution is -2.57.